The van der Waals surface area contributed by atoms with Gasteiger partial charge < -0.3 is 14.8 Å². The van der Waals surface area contributed by atoms with Crippen LogP contribution in [0, 0.1) is 0 Å². The molecule has 0 saturated carbocycles. The SMILES string of the molecule is CCc1cccc(OCc2c(NC)cccc2OC(F)F)n1. The molecule has 0 aliphatic rings. The number of hydrogen-bond acceptors (Lipinski definition) is 4. The maximum absolute atomic E-state index is 12.5. The molecule has 1 heterocycles. The first kappa shape index (κ1) is 16.0. The molecule has 6 heteroatoms. The third-order valence-electron chi connectivity index (χ3n) is 3.13. The minimum atomic E-state index is -2.88. The van der Waals surface area contributed by atoms with Crippen molar-refractivity contribution in [2.24, 2.45) is 0 Å². The number of hydrogen-bond donors (Lipinski definition) is 1. The minimum absolute atomic E-state index is 0.0826. The molecule has 0 aliphatic carbocycles. The molecule has 0 aliphatic heterocycles. The highest BCUT2D eigenvalue weighted by molar-refractivity contribution is 5.57. The molecule has 118 valence electrons. The van der Waals surface area contributed by atoms with E-state index in [9.17, 15) is 8.78 Å². The number of benzene rings is 1. The summed E-state index contributed by atoms with van der Waals surface area (Å²) in [6.45, 7) is -0.802. The van der Waals surface area contributed by atoms with Gasteiger partial charge in [-0.15, -0.1) is 0 Å². The fourth-order valence-electron chi connectivity index (χ4n) is 2.04. The Labute approximate surface area is 128 Å². The molecule has 0 spiro atoms. The Bertz CT molecular complexity index is 621. The maximum Gasteiger partial charge on any atom is 0.387 e. The average molecular weight is 308 g/mol. The Morgan fingerprint density at radius 3 is 2.64 bits per heavy atom. The van der Waals surface area contributed by atoms with Crippen molar-refractivity contribution in [3.8, 4) is 11.6 Å². The Kier molecular flexibility index (Phi) is 5.52. The van der Waals surface area contributed by atoms with Gasteiger partial charge in [0, 0.05) is 24.5 Å². The molecule has 4 nitrogen and oxygen atoms in total. The second-order valence-electron chi connectivity index (χ2n) is 4.52. The van der Waals surface area contributed by atoms with Gasteiger partial charge in [-0.1, -0.05) is 19.1 Å². The van der Waals surface area contributed by atoms with Crippen LogP contribution in [0.5, 0.6) is 11.6 Å². The first-order valence-corrected chi connectivity index (χ1v) is 6.97. The van der Waals surface area contributed by atoms with E-state index in [-0.39, 0.29) is 12.4 Å². The summed E-state index contributed by atoms with van der Waals surface area (Å²) in [4.78, 5) is 4.32. The van der Waals surface area contributed by atoms with E-state index in [0.717, 1.165) is 12.1 Å². The Morgan fingerprint density at radius 1 is 1.18 bits per heavy atom. The first-order chi connectivity index (χ1) is 10.6. The second-order valence-corrected chi connectivity index (χ2v) is 4.52. The fraction of sp³-hybridized carbons (Fsp3) is 0.312. The van der Waals surface area contributed by atoms with Gasteiger partial charge >= 0.3 is 6.61 Å². The lowest BCUT2D eigenvalue weighted by molar-refractivity contribution is -0.0508. The molecule has 22 heavy (non-hydrogen) atoms. The molecule has 1 aromatic carbocycles. The number of rotatable bonds is 7. The van der Waals surface area contributed by atoms with Crippen LogP contribution >= 0.6 is 0 Å². The molecule has 0 amide bonds. The number of halogens is 2. The zero-order valence-electron chi connectivity index (χ0n) is 12.5. The average Bonchev–Trinajstić information content (AvgIpc) is 2.53. The van der Waals surface area contributed by atoms with E-state index in [1.165, 1.54) is 6.07 Å². The van der Waals surface area contributed by atoms with Crippen LogP contribution in [0.1, 0.15) is 18.2 Å². The van der Waals surface area contributed by atoms with Crippen LogP contribution in [0.4, 0.5) is 14.5 Å². The van der Waals surface area contributed by atoms with Gasteiger partial charge in [0.2, 0.25) is 5.88 Å². The van der Waals surface area contributed by atoms with E-state index < -0.39 is 6.61 Å². The van der Waals surface area contributed by atoms with E-state index >= 15 is 0 Å². The van der Waals surface area contributed by atoms with Crippen molar-refractivity contribution in [2.45, 2.75) is 26.6 Å². The van der Waals surface area contributed by atoms with Crippen molar-refractivity contribution in [1.82, 2.24) is 4.98 Å². The van der Waals surface area contributed by atoms with Crippen LogP contribution < -0.4 is 14.8 Å². The first-order valence-electron chi connectivity index (χ1n) is 6.97. The summed E-state index contributed by atoms with van der Waals surface area (Å²) in [6.07, 6.45) is 0.796. The molecule has 0 saturated heterocycles. The zero-order valence-corrected chi connectivity index (χ0v) is 12.5. The highest BCUT2D eigenvalue weighted by Crippen LogP contribution is 2.29. The fourth-order valence-corrected chi connectivity index (χ4v) is 2.04. The molecule has 1 N–H and O–H groups in total. The Hall–Kier alpha value is -2.37. The lowest BCUT2D eigenvalue weighted by Gasteiger charge is -2.15. The van der Waals surface area contributed by atoms with Crippen molar-refractivity contribution in [1.29, 1.82) is 0 Å². The zero-order chi connectivity index (χ0) is 15.9. The highest BCUT2D eigenvalue weighted by atomic mass is 19.3. The van der Waals surface area contributed by atoms with Gasteiger partial charge in [-0.25, -0.2) is 4.98 Å². The summed E-state index contributed by atoms with van der Waals surface area (Å²) < 4.78 is 35.2. The molecule has 0 radical (unpaired) electrons. The number of aryl methyl sites for hydroxylation is 1. The summed E-state index contributed by atoms with van der Waals surface area (Å²) in [7, 11) is 1.71. The van der Waals surface area contributed by atoms with Crippen molar-refractivity contribution in [2.75, 3.05) is 12.4 Å². The van der Waals surface area contributed by atoms with Gasteiger partial charge in [0.1, 0.15) is 12.4 Å². The third-order valence-corrected chi connectivity index (χ3v) is 3.13. The predicted octanol–water partition coefficient (Wildman–Crippen LogP) is 3.87. The topological polar surface area (TPSA) is 43.4 Å². The largest absolute Gasteiger partial charge is 0.473 e. The van der Waals surface area contributed by atoms with E-state index in [1.807, 2.05) is 19.1 Å². The van der Waals surface area contributed by atoms with Crippen LogP contribution in [-0.4, -0.2) is 18.6 Å². The van der Waals surface area contributed by atoms with E-state index in [4.69, 9.17) is 4.74 Å². The van der Waals surface area contributed by atoms with Gasteiger partial charge in [0.25, 0.3) is 0 Å². The van der Waals surface area contributed by atoms with Crippen molar-refractivity contribution in [3.05, 3.63) is 47.7 Å². The van der Waals surface area contributed by atoms with Crippen LogP contribution in [0.2, 0.25) is 0 Å². The van der Waals surface area contributed by atoms with Gasteiger partial charge in [0.05, 0.1) is 5.56 Å². The smallest absolute Gasteiger partial charge is 0.387 e. The number of nitrogens with one attached hydrogen (secondary N) is 1. The summed E-state index contributed by atoms with van der Waals surface area (Å²) in [5.74, 6) is 0.543. The maximum atomic E-state index is 12.5. The lowest BCUT2D eigenvalue weighted by atomic mass is 10.1. The molecule has 0 unspecified atom stereocenters. The van der Waals surface area contributed by atoms with Crippen molar-refractivity contribution < 1.29 is 18.3 Å². The van der Waals surface area contributed by atoms with Gasteiger partial charge in [-0.3, -0.25) is 0 Å². The number of aromatic nitrogens is 1. The van der Waals surface area contributed by atoms with Crippen molar-refractivity contribution in [3.63, 3.8) is 0 Å². The number of ether oxygens (including phenoxy) is 2. The molecule has 2 aromatic rings. The number of alkyl halides is 2. The van der Waals surface area contributed by atoms with Crippen LogP contribution in [0.15, 0.2) is 36.4 Å². The molecule has 2 rings (SSSR count). The molecular weight excluding hydrogens is 290 g/mol. The Balaban J connectivity index is 2.19. The summed E-state index contributed by atoms with van der Waals surface area (Å²) >= 11 is 0. The second kappa shape index (κ2) is 7.59. The summed E-state index contributed by atoms with van der Waals surface area (Å²) in [5.41, 5.74) is 2.10. The van der Waals surface area contributed by atoms with E-state index in [2.05, 4.69) is 15.0 Å². The summed E-state index contributed by atoms with van der Waals surface area (Å²) in [6, 6.07) is 10.4. The highest BCUT2D eigenvalue weighted by Gasteiger charge is 2.14. The van der Waals surface area contributed by atoms with Gasteiger partial charge in [-0.2, -0.15) is 8.78 Å². The third kappa shape index (κ3) is 4.07. The number of pyridine rings is 1. The molecular formula is C16H18F2N2O2. The quantitative estimate of drug-likeness (QED) is 0.843. The monoisotopic (exact) mass is 308 g/mol. The van der Waals surface area contributed by atoms with Crippen LogP contribution in [0.25, 0.3) is 0 Å². The summed E-state index contributed by atoms with van der Waals surface area (Å²) in [5, 5.41) is 2.94. The van der Waals surface area contributed by atoms with Crippen LogP contribution in [-0.2, 0) is 13.0 Å². The number of anilines is 1. The normalized spacial score (nSPS) is 10.6. The molecule has 0 bridgehead atoms. The van der Waals surface area contributed by atoms with Gasteiger partial charge in [0.15, 0.2) is 0 Å². The molecule has 0 fully saturated rings. The standard InChI is InChI=1S/C16H18F2N2O2/c1-3-11-6-4-9-15(20-11)21-10-12-13(19-2)7-5-8-14(12)22-16(17)18/h4-9,16,19H,3,10H2,1-2H3. The molecule has 1 aromatic heterocycles. The minimum Gasteiger partial charge on any atom is -0.473 e. The van der Waals surface area contributed by atoms with E-state index in [0.29, 0.717) is 17.1 Å². The van der Waals surface area contributed by atoms with Crippen LogP contribution in [0.3, 0.4) is 0 Å². The van der Waals surface area contributed by atoms with Crippen molar-refractivity contribution >= 4 is 5.69 Å². The lowest BCUT2D eigenvalue weighted by Crippen LogP contribution is -2.09. The van der Waals surface area contributed by atoms with Gasteiger partial charge in [-0.05, 0) is 24.6 Å². The van der Waals surface area contributed by atoms with E-state index in [1.54, 1.807) is 25.2 Å². The Morgan fingerprint density at radius 2 is 1.95 bits per heavy atom. The predicted molar refractivity (Wildman–Crippen MR) is 80.6 cm³/mol. The molecule has 0 atom stereocenters. The number of nitrogens with zero attached hydrogens (tertiary/aromatic N) is 1.